The van der Waals surface area contributed by atoms with Gasteiger partial charge in [0.25, 0.3) is 0 Å². The zero-order valence-electron chi connectivity index (χ0n) is 6.77. The third-order valence-electron chi connectivity index (χ3n) is 1.75. The second-order valence-electron chi connectivity index (χ2n) is 2.84. The molecule has 0 aliphatic carbocycles. The number of aliphatic carboxylic acids is 1. The van der Waals surface area contributed by atoms with Gasteiger partial charge in [-0.1, -0.05) is 0 Å². The molecule has 1 aliphatic rings. The van der Waals surface area contributed by atoms with E-state index >= 15 is 0 Å². The first-order chi connectivity index (χ1) is 6.00. The van der Waals surface area contributed by atoms with Gasteiger partial charge in [-0.15, -0.1) is 0 Å². The lowest BCUT2D eigenvalue weighted by Gasteiger charge is -2.15. The highest BCUT2D eigenvalue weighted by molar-refractivity contribution is 6.05. The summed E-state index contributed by atoms with van der Waals surface area (Å²) >= 11 is 0. The number of carboxylic acid groups (broad SMARTS) is 1. The number of hydrogen-bond donors (Lipinski definition) is 2. The summed E-state index contributed by atoms with van der Waals surface area (Å²) in [4.78, 5) is 32.9. The van der Waals surface area contributed by atoms with Crippen molar-refractivity contribution in [3.8, 4) is 0 Å². The molecule has 6 nitrogen and oxygen atoms in total. The lowest BCUT2D eigenvalue weighted by Crippen LogP contribution is -2.37. The van der Waals surface area contributed by atoms with Crippen molar-refractivity contribution in [2.24, 2.45) is 0 Å². The normalized spacial score (nSPS) is 19.3. The number of aliphatic hydroxyl groups excluding tert-OH is 1. The molecule has 2 N–H and O–H groups in total. The van der Waals surface area contributed by atoms with Crippen molar-refractivity contribution in [1.82, 2.24) is 4.90 Å². The first kappa shape index (κ1) is 9.66. The SMILES string of the molecule is O=C1CC(=O)N(CC(O)C(=O)O)C1. The zero-order valence-corrected chi connectivity index (χ0v) is 6.77. The molecule has 1 saturated heterocycles. The van der Waals surface area contributed by atoms with Crippen LogP contribution in [-0.2, 0) is 14.4 Å². The van der Waals surface area contributed by atoms with Gasteiger partial charge in [-0.3, -0.25) is 9.59 Å². The lowest BCUT2D eigenvalue weighted by atomic mass is 10.3. The topological polar surface area (TPSA) is 94.9 Å². The van der Waals surface area contributed by atoms with Crippen molar-refractivity contribution in [1.29, 1.82) is 0 Å². The number of Topliss-reactive ketones (excluding diaryl/α,β-unsaturated/α-hetero) is 1. The van der Waals surface area contributed by atoms with Crippen LogP contribution in [0.5, 0.6) is 0 Å². The molecule has 1 fully saturated rings. The number of rotatable bonds is 3. The molecule has 1 aliphatic heterocycles. The summed E-state index contributed by atoms with van der Waals surface area (Å²) in [6, 6.07) is 0. The molecule has 0 saturated carbocycles. The van der Waals surface area contributed by atoms with E-state index in [1.807, 2.05) is 0 Å². The van der Waals surface area contributed by atoms with Crippen LogP contribution in [0.2, 0.25) is 0 Å². The Balaban J connectivity index is 2.50. The molecule has 0 spiro atoms. The van der Waals surface area contributed by atoms with E-state index < -0.39 is 18.0 Å². The zero-order chi connectivity index (χ0) is 10.0. The fraction of sp³-hybridized carbons (Fsp3) is 0.571. The number of nitrogens with zero attached hydrogens (tertiary/aromatic N) is 1. The van der Waals surface area contributed by atoms with E-state index in [-0.39, 0.29) is 25.3 Å². The summed E-state index contributed by atoms with van der Waals surface area (Å²) in [6.45, 7) is -0.414. The maximum atomic E-state index is 10.9. The van der Waals surface area contributed by atoms with Gasteiger partial charge in [-0.2, -0.15) is 0 Å². The molecule has 1 atom stereocenters. The fourth-order valence-electron chi connectivity index (χ4n) is 1.09. The molecule has 1 rings (SSSR count). The maximum absolute atomic E-state index is 10.9. The first-order valence-electron chi connectivity index (χ1n) is 3.71. The van der Waals surface area contributed by atoms with Gasteiger partial charge >= 0.3 is 5.97 Å². The molecule has 0 aromatic heterocycles. The van der Waals surface area contributed by atoms with Crippen molar-refractivity contribution in [2.75, 3.05) is 13.1 Å². The number of hydrogen-bond acceptors (Lipinski definition) is 4. The molecular formula is C7H9NO5. The van der Waals surface area contributed by atoms with Gasteiger partial charge in [-0.25, -0.2) is 4.79 Å². The molecule has 0 aromatic rings. The van der Waals surface area contributed by atoms with Crippen molar-refractivity contribution in [2.45, 2.75) is 12.5 Å². The molecule has 1 amide bonds. The van der Waals surface area contributed by atoms with Gasteiger partial charge in [0, 0.05) is 0 Å². The quantitative estimate of drug-likeness (QED) is 0.510. The van der Waals surface area contributed by atoms with E-state index in [4.69, 9.17) is 10.2 Å². The first-order valence-corrected chi connectivity index (χ1v) is 3.71. The second-order valence-corrected chi connectivity index (χ2v) is 2.84. The summed E-state index contributed by atoms with van der Waals surface area (Å²) in [5.41, 5.74) is 0. The smallest absolute Gasteiger partial charge is 0.334 e. The van der Waals surface area contributed by atoms with Crippen LogP contribution in [0.4, 0.5) is 0 Å². The van der Waals surface area contributed by atoms with Crippen LogP contribution in [0.25, 0.3) is 0 Å². The monoisotopic (exact) mass is 187 g/mol. The highest BCUT2D eigenvalue weighted by Gasteiger charge is 2.30. The minimum absolute atomic E-state index is 0.0941. The van der Waals surface area contributed by atoms with Crippen molar-refractivity contribution in [3.63, 3.8) is 0 Å². The van der Waals surface area contributed by atoms with Crippen LogP contribution >= 0.6 is 0 Å². The standard InChI is InChI=1S/C7H9NO5/c9-4-1-6(11)8(2-4)3-5(10)7(12)13/h5,10H,1-3H2,(H,12,13). The number of carboxylic acids is 1. The van der Waals surface area contributed by atoms with Gasteiger partial charge in [0.05, 0.1) is 19.5 Å². The number of amides is 1. The van der Waals surface area contributed by atoms with Gasteiger partial charge in [0.1, 0.15) is 0 Å². The van der Waals surface area contributed by atoms with Gasteiger partial charge < -0.3 is 15.1 Å². The molecule has 72 valence electrons. The minimum atomic E-state index is -1.62. The van der Waals surface area contributed by atoms with Crippen LogP contribution in [0.1, 0.15) is 6.42 Å². The van der Waals surface area contributed by atoms with Crippen LogP contribution in [-0.4, -0.2) is 52.0 Å². The lowest BCUT2D eigenvalue weighted by molar-refractivity contribution is -0.148. The Hall–Kier alpha value is -1.43. The van der Waals surface area contributed by atoms with Crippen LogP contribution < -0.4 is 0 Å². The number of β-amino-alcohol motifs (C(OH)–C–C–N with tert-alkyl or cyclic N) is 1. The number of likely N-dealkylation sites (tertiary alicyclic amines) is 1. The highest BCUT2D eigenvalue weighted by Crippen LogP contribution is 2.06. The number of ketones is 1. The van der Waals surface area contributed by atoms with Gasteiger partial charge in [-0.05, 0) is 0 Å². The summed E-state index contributed by atoms with van der Waals surface area (Å²) in [7, 11) is 0. The Bertz CT molecular complexity index is 262. The van der Waals surface area contributed by atoms with Gasteiger partial charge in [0.15, 0.2) is 11.9 Å². The van der Waals surface area contributed by atoms with Crippen LogP contribution in [0.15, 0.2) is 0 Å². The molecule has 0 aromatic carbocycles. The number of carbonyl (C=O) groups is 3. The summed E-state index contributed by atoms with van der Waals surface area (Å²) in [5, 5.41) is 17.2. The third kappa shape index (κ3) is 2.25. The maximum Gasteiger partial charge on any atom is 0.334 e. The number of aliphatic hydroxyl groups is 1. The van der Waals surface area contributed by atoms with Crippen LogP contribution in [0, 0.1) is 0 Å². The fourth-order valence-corrected chi connectivity index (χ4v) is 1.09. The Labute approximate surface area is 73.8 Å². The van der Waals surface area contributed by atoms with E-state index in [1.54, 1.807) is 0 Å². The van der Waals surface area contributed by atoms with E-state index in [1.165, 1.54) is 0 Å². The van der Waals surface area contributed by atoms with E-state index in [9.17, 15) is 14.4 Å². The summed E-state index contributed by atoms with van der Waals surface area (Å²) in [5.74, 6) is -2.07. The molecular weight excluding hydrogens is 178 g/mol. The Morgan fingerprint density at radius 2 is 2.15 bits per heavy atom. The predicted octanol–water partition coefficient (Wildman–Crippen LogP) is -1.77. The average molecular weight is 187 g/mol. The molecule has 0 radical (unpaired) electrons. The van der Waals surface area contributed by atoms with Crippen molar-refractivity contribution < 1.29 is 24.6 Å². The molecule has 1 heterocycles. The van der Waals surface area contributed by atoms with E-state index in [0.717, 1.165) is 4.90 Å². The average Bonchev–Trinajstić information content (AvgIpc) is 2.30. The van der Waals surface area contributed by atoms with E-state index in [2.05, 4.69) is 0 Å². The van der Waals surface area contributed by atoms with E-state index in [0.29, 0.717) is 0 Å². The van der Waals surface area contributed by atoms with Crippen molar-refractivity contribution >= 4 is 17.7 Å². The molecule has 13 heavy (non-hydrogen) atoms. The largest absolute Gasteiger partial charge is 0.479 e. The highest BCUT2D eigenvalue weighted by atomic mass is 16.4. The summed E-state index contributed by atoms with van der Waals surface area (Å²) < 4.78 is 0. The minimum Gasteiger partial charge on any atom is -0.479 e. The Morgan fingerprint density at radius 1 is 1.54 bits per heavy atom. The number of carbonyl (C=O) groups excluding carboxylic acids is 2. The molecule has 0 bridgehead atoms. The van der Waals surface area contributed by atoms with Gasteiger partial charge in [0.2, 0.25) is 5.91 Å². The predicted molar refractivity (Wildman–Crippen MR) is 39.8 cm³/mol. The van der Waals surface area contributed by atoms with Crippen LogP contribution in [0.3, 0.4) is 0 Å². The van der Waals surface area contributed by atoms with Crippen molar-refractivity contribution in [3.05, 3.63) is 0 Å². The summed E-state index contributed by atoms with van der Waals surface area (Å²) in [6.07, 6.45) is -1.80. The third-order valence-corrected chi connectivity index (χ3v) is 1.75. The second kappa shape index (κ2) is 3.53. The molecule has 1 unspecified atom stereocenters. The Kier molecular flexibility index (Phi) is 2.62. The molecule has 6 heteroatoms. The Morgan fingerprint density at radius 3 is 2.54 bits per heavy atom.